The van der Waals surface area contributed by atoms with Gasteiger partial charge in [-0.05, 0) is 57.2 Å². The van der Waals surface area contributed by atoms with Gasteiger partial charge in [-0.1, -0.05) is 11.6 Å². The summed E-state index contributed by atoms with van der Waals surface area (Å²) in [6, 6.07) is 6.88. The van der Waals surface area contributed by atoms with Crippen molar-refractivity contribution < 1.29 is 9.00 Å². The molecule has 1 aromatic carbocycles. The van der Waals surface area contributed by atoms with E-state index < -0.39 is 11.0 Å². The van der Waals surface area contributed by atoms with E-state index in [0.717, 1.165) is 55.1 Å². The van der Waals surface area contributed by atoms with E-state index >= 15 is 0 Å². The highest BCUT2D eigenvalue weighted by Crippen LogP contribution is 2.34. The van der Waals surface area contributed by atoms with Crippen LogP contribution >= 0.6 is 11.6 Å². The molecule has 1 amide bonds. The molecule has 2 aliphatic rings. The first kappa shape index (κ1) is 23.1. The van der Waals surface area contributed by atoms with Crippen molar-refractivity contribution in [3.8, 4) is 0 Å². The molecular weight excluding hydrogens is 472 g/mol. The van der Waals surface area contributed by atoms with Crippen LogP contribution < -0.4 is 9.62 Å². The summed E-state index contributed by atoms with van der Waals surface area (Å²) in [4.78, 5) is 22.8. The molecule has 0 saturated carbocycles. The van der Waals surface area contributed by atoms with Crippen molar-refractivity contribution in [2.24, 2.45) is 0 Å². The van der Waals surface area contributed by atoms with Crippen LogP contribution in [0.2, 0.25) is 5.02 Å². The predicted molar refractivity (Wildman–Crippen MR) is 136 cm³/mol. The number of carbonyl (C=O) groups excluding carboxylic acids is 1. The van der Waals surface area contributed by atoms with Gasteiger partial charge in [0.1, 0.15) is 16.8 Å². The standard InChI is InChI=1S/C24H29ClN6O2S/c1-16-15-31-22(26-23(16)29-10-5-6-11-29)14-20(27-31)21-7-3-4-12-30(21)24(32)18-13-17(25)8-9-19(18)28-34(2)33/h8-9,13-15,21,28H,3-7,10-12H2,1-2H3. The number of nitrogens with one attached hydrogen (secondary N) is 1. The number of rotatable bonds is 5. The minimum Gasteiger partial charge on any atom is -0.356 e. The maximum absolute atomic E-state index is 13.7. The third kappa shape index (κ3) is 4.51. The summed E-state index contributed by atoms with van der Waals surface area (Å²) < 4.78 is 16.5. The van der Waals surface area contributed by atoms with Crippen molar-refractivity contribution in [1.29, 1.82) is 0 Å². The minimum atomic E-state index is -1.31. The normalized spacial score (nSPS) is 19.6. The van der Waals surface area contributed by atoms with Crippen molar-refractivity contribution in [3.63, 3.8) is 0 Å². The molecule has 4 heterocycles. The molecule has 2 aromatic heterocycles. The summed E-state index contributed by atoms with van der Waals surface area (Å²) in [5.74, 6) is 0.884. The molecule has 180 valence electrons. The number of hydrogen-bond donors (Lipinski definition) is 1. The first-order valence-corrected chi connectivity index (χ1v) is 13.7. The average molecular weight is 501 g/mol. The van der Waals surface area contributed by atoms with Crippen LogP contribution in [0.15, 0.2) is 30.5 Å². The van der Waals surface area contributed by atoms with Crippen LogP contribution in [0.5, 0.6) is 0 Å². The number of aryl methyl sites for hydroxylation is 1. The van der Waals surface area contributed by atoms with Gasteiger partial charge in [-0.3, -0.25) is 4.79 Å². The smallest absolute Gasteiger partial charge is 0.256 e. The van der Waals surface area contributed by atoms with Crippen molar-refractivity contribution in [2.45, 2.75) is 45.1 Å². The number of likely N-dealkylation sites (tertiary alicyclic amines) is 1. The topological polar surface area (TPSA) is 82.8 Å². The fourth-order valence-electron chi connectivity index (χ4n) is 5.01. The number of anilines is 2. The highest BCUT2D eigenvalue weighted by atomic mass is 35.5. The molecule has 0 spiro atoms. The van der Waals surface area contributed by atoms with Gasteiger partial charge in [0.25, 0.3) is 5.91 Å². The van der Waals surface area contributed by atoms with Gasteiger partial charge in [0, 0.05) is 48.7 Å². The Kier molecular flexibility index (Phi) is 6.48. The quantitative estimate of drug-likeness (QED) is 0.562. The van der Waals surface area contributed by atoms with Crippen LogP contribution in [-0.4, -0.2) is 55.5 Å². The van der Waals surface area contributed by atoms with Gasteiger partial charge in [-0.2, -0.15) is 5.10 Å². The molecule has 34 heavy (non-hydrogen) atoms. The number of nitrogens with zero attached hydrogens (tertiary/aromatic N) is 5. The van der Waals surface area contributed by atoms with Gasteiger partial charge in [-0.15, -0.1) is 0 Å². The van der Waals surface area contributed by atoms with Gasteiger partial charge in [0.05, 0.1) is 23.0 Å². The second kappa shape index (κ2) is 9.54. The van der Waals surface area contributed by atoms with Crippen LogP contribution in [-0.2, 0) is 11.0 Å². The maximum atomic E-state index is 13.7. The molecule has 0 radical (unpaired) electrons. The summed E-state index contributed by atoms with van der Waals surface area (Å²) in [6.07, 6.45) is 8.74. The SMILES string of the molecule is Cc1cn2nc(C3CCCCN3C(=O)c3cc(Cl)ccc3NS(C)=O)cc2nc1N1CCCC1. The Morgan fingerprint density at radius 2 is 1.91 bits per heavy atom. The van der Waals surface area contributed by atoms with Crippen LogP contribution in [0.1, 0.15) is 59.8 Å². The molecule has 2 unspecified atom stereocenters. The number of benzene rings is 1. The van der Waals surface area contributed by atoms with Crippen LogP contribution in [0, 0.1) is 6.92 Å². The zero-order chi connectivity index (χ0) is 23.8. The highest BCUT2D eigenvalue weighted by molar-refractivity contribution is 7.85. The van der Waals surface area contributed by atoms with Crippen LogP contribution in [0.25, 0.3) is 5.65 Å². The van der Waals surface area contributed by atoms with E-state index in [1.54, 1.807) is 18.2 Å². The number of hydrogen-bond acceptors (Lipinski definition) is 5. The van der Waals surface area contributed by atoms with Gasteiger partial charge >= 0.3 is 0 Å². The molecular formula is C24H29ClN6O2S. The summed E-state index contributed by atoms with van der Waals surface area (Å²) in [5.41, 5.74) is 3.68. The minimum absolute atomic E-state index is 0.140. The molecule has 2 saturated heterocycles. The summed E-state index contributed by atoms with van der Waals surface area (Å²) in [7, 11) is -1.31. The van der Waals surface area contributed by atoms with E-state index in [9.17, 15) is 9.00 Å². The molecule has 3 aromatic rings. The van der Waals surface area contributed by atoms with E-state index in [1.165, 1.54) is 19.1 Å². The predicted octanol–water partition coefficient (Wildman–Crippen LogP) is 4.36. The van der Waals surface area contributed by atoms with Crippen molar-refractivity contribution in [2.75, 3.05) is 35.5 Å². The highest BCUT2D eigenvalue weighted by Gasteiger charge is 2.32. The number of amides is 1. The van der Waals surface area contributed by atoms with Crippen molar-refractivity contribution in [1.82, 2.24) is 19.5 Å². The Balaban J connectivity index is 1.49. The van der Waals surface area contributed by atoms with Crippen molar-refractivity contribution >= 4 is 45.6 Å². The average Bonchev–Trinajstić information content (AvgIpc) is 3.49. The Morgan fingerprint density at radius 3 is 2.68 bits per heavy atom. The monoisotopic (exact) mass is 500 g/mol. The zero-order valence-electron chi connectivity index (χ0n) is 19.5. The van der Waals surface area contributed by atoms with Gasteiger partial charge in [0.2, 0.25) is 0 Å². The van der Waals surface area contributed by atoms with Crippen molar-refractivity contribution in [3.05, 3.63) is 52.3 Å². The third-order valence-electron chi connectivity index (χ3n) is 6.60. The third-order valence-corrected chi connectivity index (χ3v) is 7.34. The first-order chi connectivity index (χ1) is 16.4. The molecule has 2 aliphatic heterocycles. The zero-order valence-corrected chi connectivity index (χ0v) is 21.0. The molecule has 10 heteroatoms. The van der Waals surface area contributed by atoms with E-state index in [-0.39, 0.29) is 11.9 Å². The van der Waals surface area contributed by atoms with E-state index in [2.05, 4.69) is 16.5 Å². The number of carbonyl (C=O) groups is 1. The van der Waals surface area contributed by atoms with Gasteiger partial charge in [0.15, 0.2) is 5.65 Å². The fraction of sp³-hybridized carbons (Fsp3) is 0.458. The van der Waals surface area contributed by atoms with E-state index in [4.69, 9.17) is 21.7 Å². The Bertz CT molecular complexity index is 1260. The molecule has 0 bridgehead atoms. The summed E-state index contributed by atoms with van der Waals surface area (Å²) in [5, 5.41) is 5.30. The lowest BCUT2D eigenvalue weighted by Gasteiger charge is -2.35. The van der Waals surface area contributed by atoms with Crippen LogP contribution in [0.4, 0.5) is 11.5 Å². The lowest BCUT2D eigenvalue weighted by Crippen LogP contribution is -2.39. The van der Waals surface area contributed by atoms with Gasteiger partial charge in [-0.25, -0.2) is 13.7 Å². The summed E-state index contributed by atoms with van der Waals surface area (Å²) >= 11 is 6.22. The second-order valence-corrected chi connectivity index (χ2v) is 10.6. The lowest BCUT2D eigenvalue weighted by atomic mass is 9.98. The number of piperidine rings is 1. The Labute approximate surface area is 206 Å². The number of halogens is 1. The molecule has 0 aliphatic carbocycles. The fourth-order valence-corrected chi connectivity index (χ4v) is 5.67. The first-order valence-electron chi connectivity index (χ1n) is 11.7. The van der Waals surface area contributed by atoms with Gasteiger partial charge < -0.3 is 14.5 Å². The lowest BCUT2D eigenvalue weighted by molar-refractivity contribution is 0.0607. The maximum Gasteiger partial charge on any atom is 0.256 e. The van der Waals surface area contributed by atoms with E-state index in [0.29, 0.717) is 22.8 Å². The number of aromatic nitrogens is 3. The van der Waals surface area contributed by atoms with Crippen LogP contribution in [0.3, 0.4) is 0 Å². The summed E-state index contributed by atoms with van der Waals surface area (Å²) in [6.45, 7) is 4.77. The Hall–Kier alpha value is -2.65. The molecule has 2 atom stereocenters. The molecule has 2 fully saturated rings. The molecule has 5 rings (SSSR count). The molecule has 8 nitrogen and oxygen atoms in total. The number of fused-ring (bicyclic) bond motifs is 1. The molecule has 1 N–H and O–H groups in total. The second-order valence-electron chi connectivity index (χ2n) is 9.07. The van der Waals surface area contributed by atoms with E-state index in [1.807, 2.05) is 21.7 Å². The largest absolute Gasteiger partial charge is 0.356 e. The Morgan fingerprint density at radius 1 is 1.15 bits per heavy atom.